The topological polar surface area (TPSA) is 6.48 Å². The standard InChI is InChI=1S/C23H38N2/c1-2-7-13-19-25-21-15-9-4-3-8-14-20-24(18-12-6-1)22-16-10-5-11-17-23-25/h5-23H2. The third kappa shape index (κ3) is 10.6. The summed E-state index contributed by atoms with van der Waals surface area (Å²) in [7, 11) is 0. The van der Waals surface area contributed by atoms with Crippen LogP contribution in [0.1, 0.15) is 83.5 Å². The molecule has 2 rings (SSSR count). The fourth-order valence-electron chi connectivity index (χ4n) is 3.79. The number of fused-ring (bicyclic) bond motifs is 8. The van der Waals surface area contributed by atoms with Gasteiger partial charge in [-0.1, -0.05) is 19.3 Å². The molecule has 0 unspecified atom stereocenters. The highest BCUT2D eigenvalue weighted by atomic mass is 15.1. The van der Waals surface area contributed by atoms with Crippen LogP contribution >= 0.6 is 0 Å². The first kappa shape index (κ1) is 20.4. The van der Waals surface area contributed by atoms with Gasteiger partial charge in [-0.25, -0.2) is 0 Å². The van der Waals surface area contributed by atoms with Crippen LogP contribution in [0.5, 0.6) is 0 Å². The molecule has 0 aromatic carbocycles. The van der Waals surface area contributed by atoms with Crippen LogP contribution < -0.4 is 0 Å². The van der Waals surface area contributed by atoms with Gasteiger partial charge >= 0.3 is 0 Å². The zero-order valence-electron chi connectivity index (χ0n) is 16.3. The number of hydrogen-bond donors (Lipinski definition) is 0. The third-order valence-corrected chi connectivity index (χ3v) is 5.30. The Hall–Kier alpha value is -0.960. The Morgan fingerprint density at radius 1 is 0.320 bits per heavy atom. The van der Waals surface area contributed by atoms with Crippen molar-refractivity contribution in [3.63, 3.8) is 0 Å². The van der Waals surface area contributed by atoms with E-state index in [-0.39, 0.29) is 0 Å². The molecule has 0 spiro atoms. The van der Waals surface area contributed by atoms with Crippen LogP contribution in [-0.2, 0) is 0 Å². The average Bonchev–Trinajstić information content (AvgIpc) is 2.62. The quantitative estimate of drug-likeness (QED) is 0.589. The van der Waals surface area contributed by atoms with Crippen LogP contribution in [-0.4, -0.2) is 49.1 Å². The molecule has 2 aliphatic rings. The molecule has 0 aliphatic carbocycles. The van der Waals surface area contributed by atoms with Gasteiger partial charge in [-0.3, -0.25) is 0 Å². The maximum atomic E-state index is 3.41. The van der Waals surface area contributed by atoms with Gasteiger partial charge in [0.15, 0.2) is 0 Å². The van der Waals surface area contributed by atoms with Gasteiger partial charge in [0, 0.05) is 25.7 Å². The van der Waals surface area contributed by atoms with Crippen molar-refractivity contribution in [2.45, 2.75) is 83.5 Å². The monoisotopic (exact) mass is 342 g/mol. The van der Waals surface area contributed by atoms with Crippen molar-refractivity contribution in [1.29, 1.82) is 0 Å². The van der Waals surface area contributed by atoms with Gasteiger partial charge in [-0.2, -0.15) is 0 Å². The largest absolute Gasteiger partial charge is 0.303 e. The summed E-state index contributed by atoms with van der Waals surface area (Å²) >= 11 is 0. The molecule has 2 aliphatic heterocycles. The minimum atomic E-state index is 1.07. The predicted octanol–water partition coefficient (Wildman–Crippen LogP) is 4.70. The Kier molecular flexibility index (Phi) is 11.6. The van der Waals surface area contributed by atoms with Crippen molar-refractivity contribution >= 4 is 0 Å². The van der Waals surface area contributed by atoms with Crippen molar-refractivity contribution in [3.8, 4) is 23.7 Å². The summed E-state index contributed by atoms with van der Waals surface area (Å²) in [4.78, 5) is 5.34. The second-order valence-electron chi connectivity index (χ2n) is 7.57. The molecule has 25 heavy (non-hydrogen) atoms. The second kappa shape index (κ2) is 14.2. The van der Waals surface area contributed by atoms with Crippen molar-refractivity contribution in [3.05, 3.63) is 0 Å². The molecule has 2 bridgehead atoms. The van der Waals surface area contributed by atoms with E-state index >= 15 is 0 Å². The highest BCUT2D eigenvalue weighted by molar-refractivity contribution is 5.00. The summed E-state index contributed by atoms with van der Waals surface area (Å²) in [5.74, 6) is 13.6. The van der Waals surface area contributed by atoms with E-state index in [1.165, 1.54) is 97.1 Å². The summed E-state index contributed by atoms with van der Waals surface area (Å²) in [6.45, 7) is 7.41. The molecule has 0 radical (unpaired) electrons. The van der Waals surface area contributed by atoms with Crippen molar-refractivity contribution in [2.75, 3.05) is 39.3 Å². The SMILES string of the molecule is C1#CCCCN2CCCC#CCCCN(CCC1)CCCCCCC2. The van der Waals surface area contributed by atoms with E-state index in [1.807, 2.05) is 0 Å². The van der Waals surface area contributed by atoms with Crippen LogP contribution in [0.4, 0.5) is 0 Å². The summed E-state index contributed by atoms with van der Waals surface area (Å²) in [5, 5.41) is 0. The van der Waals surface area contributed by atoms with Gasteiger partial charge in [0.1, 0.15) is 0 Å². The lowest BCUT2D eigenvalue weighted by Crippen LogP contribution is -2.27. The summed E-state index contributed by atoms with van der Waals surface area (Å²) in [6, 6.07) is 0. The Labute approximate surface area is 156 Å². The van der Waals surface area contributed by atoms with E-state index in [0.29, 0.717) is 0 Å². The maximum Gasteiger partial charge on any atom is 0.0101 e. The number of nitrogens with zero attached hydrogens (tertiary/aromatic N) is 2. The highest BCUT2D eigenvalue weighted by Gasteiger charge is 2.06. The zero-order chi connectivity index (χ0) is 17.4. The lowest BCUT2D eigenvalue weighted by Gasteiger charge is -2.22. The van der Waals surface area contributed by atoms with Gasteiger partial charge in [0.2, 0.25) is 0 Å². The lowest BCUT2D eigenvalue weighted by molar-refractivity contribution is 0.257. The van der Waals surface area contributed by atoms with Crippen LogP contribution in [0.25, 0.3) is 0 Å². The molecular weight excluding hydrogens is 304 g/mol. The minimum absolute atomic E-state index is 1.07. The molecule has 0 fully saturated rings. The normalized spacial score (nSPS) is 28.2. The van der Waals surface area contributed by atoms with E-state index in [2.05, 4.69) is 33.5 Å². The van der Waals surface area contributed by atoms with Gasteiger partial charge in [0.25, 0.3) is 0 Å². The maximum absolute atomic E-state index is 3.41. The molecule has 0 aromatic rings. The fraction of sp³-hybridized carbons (Fsp3) is 0.826. The predicted molar refractivity (Wildman–Crippen MR) is 108 cm³/mol. The van der Waals surface area contributed by atoms with E-state index in [4.69, 9.17) is 0 Å². The Morgan fingerprint density at radius 2 is 0.600 bits per heavy atom. The molecule has 2 heteroatoms. The molecule has 140 valence electrons. The molecular formula is C23H38N2. The van der Waals surface area contributed by atoms with E-state index in [0.717, 1.165) is 25.7 Å². The summed E-state index contributed by atoms with van der Waals surface area (Å²) in [5.41, 5.74) is 0. The molecule has 0 atom stereocenters. The van der Waals surface area contributed by atoms with Crippen molar-refractivity contribution in [1.82, 2.24) is 9.80 Å². The summed E-state index contributed by atoms with van der Waals surface area (Å²) in [6.07, 6.45) is 16.1. The lowest BCUT2D eigenvalue weighted by atomic mass is 10.1. The Morgan fingerprint density at radius 3 is 0.960 bits per heavy atom. The van der Waals surface area contributed by atoms with Gasteiger partial charge < -0.3 is 9.80 Å². The van der Waals surface area contributed by atoms with Crippen LogP contribution in [0.3, 0.4) is 0 Å². The third-order valence-electron chi connectivity index (χ3n) is 5.30. The molecule has 0 saturated carbocycles. The van der Waals surface area contributed by atoms with Crippen LogP contribution in [0, 0.1) is 23.7 Å². The van der Waals surface area contributed by atoms with Crippen LogP contribution in [0.15, 0.2) is 0 Å². The first-order chi connectivity index (χ1) is 12.4. The molecule has 2 nitrogen and oxygen atoms in total. The van der Waals surface area contributed by atoms with Crippen LogP contribution in [0.2, 0.25) is 0 Å². The zero-order valence-corrected chi connectivity index (χ0v) is 16.3. The molecule has 0 aromatic heterocycles. The molecule has 2 heterocycles. The fourth-order valence-corrected chi connectivity index (χ4v) is 3.79. The highest BCUT2D eigenvalue weighted by Crippen LogP contribution is 2.09. The molecule has 0 N–H and O–H groups in total. The first-order valence-electron chi connectivity index (χ1n) is 10.8. The smallest absolute Gasteiger partial charge is 0.0101 e. The van der Waals surface area contributed by atoms with Gasteiger partial charge in [0.05, 0.1) is 0 Å². The van der Waals surface area contributed by atoms with Crippen molar-refractivity contribution < 1.29 is 0 Å². The minimum Gasteiger partial charge on any atom is -0.303 e. The van der Waals surface area contributed by atoms with E-state index < -0.39 is 0 Å². The Balaban J connectivity index is 1.97. The van der Waals surface area contributed by atoms with Gasteiger partial charge in [-0.15, -0.1) is 23.7 Å². The second-order valence-corrected chi connectivity index (χ2v) is 7.57. The average molecular weight is 343 g/mol. The molecule has 0 amide bonds. The number of hydrogen-bond acceptors (Lipinski definition) is 2. The number of rotatable bonds is 0. The first-order valence-corrected chi connectivity index (χ1v) is 10.8. The van der Waals surface area contributed by atoms with Gasteiger partial charge in [-0.05, 0) is 77.8 Å². The summed E-state index contributed by atoms with van der Waals surface area (Å²) < 4.78 is 0. The Bertz CT molecular complexity index is 378. The van der Waals surface area contributed by atoms with E-state index in [9.17, 15) is 0 Å². The van der Waals surface area contributed by atoms with E-state index in [1.54, 1.807) is 0 Å². The van der Waals surface area contributed by atoms with Crippen molar-refractivity contribution in [2.24, 2.45) is 0 Å². The molecule has 0 saturated heterocycles.